The third kappa shape index (κ3) is 3.34. The standard InChI is InChI=1S/C27H22N6O3/c1-3-18-15(2)19(13-28)25-30-20-6-4-5-7-22(20)33(25)26(18)32-29-14-17-10-16-11-23-24(36-9-8-35-23)12-21(16)31-27(17)34/h4-7,10-12,14,32H,3,8-9H2,1-2H3,(H,31,34)/b29-14-. The van der Waals surface area contributed by atoms with Gasteiger partial charge in [0.25, 0.3) is 5.56 Å². The lowest BCUT2D eigenvalue weighted by molar-refractivity contribution is 0.172. The maximum atomic E-state index is 12.8. The highest BCUT2D eigenvalue weighted by Crippen LogP contribution is 2.34. The lowest BCUT2D eigenvalue weighted by atomic mass is 10.0. The number of nitrogens with zero attached hydrogens (tertiary/aromatic N) is 4. The third-order valence-corrected chi connectivity index (χ3v) is 6.50. The Labute approximate surface area is 205 Å². The Hall–Kier alpha value is -4.84. The first-order chi connectivity index (χ1) is 17.6. The molecular weight excluding hydrogens is 456 g/mol. The minimum absolute atomic E-state index is 0.269. The Morgan fingerprint density at radius 2 is 2.00 bits per heavy atom. The number of nitrogens with one attached hydrogen (secondary N) is 2. The first-order valence-electron chi connectivity index (χ1n) is 11.7. The van der Waals surface area contributed by atoms with Crippen LogP contribution in [0.3, 0.4) is 0 Å². The number of hydrogen-bond acceptors (Lipinski definition) is 7. The minimum atomic E-state index is -0.269. The van der Waals surface area contributed by atoms with Crippen molar-refractivity contribution in [3.63, 3.8) is 0 Å². The molecule has 0 spiro atoms. The van der Waals surface area contributed by atoms with E-state index in [4.69, 9.17) is 14.5 Å². The van der Waals surface area contributed by atoms with Gasteiger partial charge in [-0.05, 0) is 48.7 Å². The zero-order chi connectivity index (χ0) is 24.8. The van der Waals surface area contributed by atoms with Crippen molar-refractivity contribution in [2.24, 2.45) is 5.10 Å². The van der Waals surface area contributed by atoms with Crippen molar-refractivity contribution in [2.45, 2.75) is 20.3 Å². The van der Waals surface area contributed by atoms with Gasteiger partial charge >= 0.3 is 0 Å². The van der Waals surface area contributed by atoms with Crippen LogP contribution in [0.1, 0.15) is 29.2 Å². The topological polar surface area (TPSA) is 117 Å². The number of pyridine rings is 2. The van der Waals surface area contributed by atoms with Crippen LogP contribution in [0.4, 0.5) is 5.82 Å². The van der Waals surface area contributed by atoms with E-state index in [2.05, 4.69) is 21.6 Å². The highest BCUT2D eigenvalue weighted by molar-refractivity contribution is 5.90. The van der Waals surface area contributed by atoms with Crippen LogP contribution < -0.4 is 20.5 Å². The number of rotatable bonds is 4. The van der Waals surface area contributed by atoms with Gasteiger partial charge in [-0.15, -0.1) is 0 Å². The molecule has 1 aliphatic heterocycles. The number of fused-ring (bicyclic) bond motifs is 5. The molecule has 0 fully saturated rings. The number of ether oxygens (including phenoxy) is 2. The second-order valence-electron chi connectivity index (χ2n) is 8.56. The van der Waals surface area contributed by atoms with Crippen molar-refractivity contribution in [1.29, 1.82) is 5.26 Å². The molecule has 0 unspecified atom stereocenters. The highest BCUT2D eigenvalue weighted by atomic mass is 16.6. The molecule has 4 heterocycles. The van der Waals surface area contributed by atoms with Gasteiger partial charge in [0.1, 0.15) is 25.1 Å². The van der Waals surface area contributed by atoms with Crippen molar-refractivity contribution < 1.29 is 9.47 Å². The Balaban J connectivity index is 1.45. The summed E-state index contributed by atoms with van der Waals surface area (Å²) in [5.41, 5.74) is 8.50. The number of hydrazone groups is 1. The number of aromatic nitrogens is 3. The van der Waals surface area contributed by atoms with Crippen molar-refractivity contribution in [3.8, 4) is 17.6 Å². The number of para-hydroxylation sites is 2. The van der Waals surface area contributed by atoms with Gasteiger partial charge in [-0.1, -0.05) is 19.1 Å². The molecule has 2 N–H and O–H groups in total. The van der Waals surface area contributed by atoms with Gasteiger partial charge in [-0.3, -0.25) is 14.6 Å². The van der Waals surface area contributed by atoms with E-state index in [1.807, 2.05) is 48.6 Å². The molecule has 9 heteroatoms. The van der Waals surface area contributed by atoms with E-state index in [9.17, 15) is 10.1 Å². The van der Waals surface area contributed by atoms with Crippen LogP contribution in [-0.2, 0) is 6.42 Å². The van der Waals surface area contributed by atoms with Crippen molar-refractivity contribution in [3.05, 3.63) is 75.1 Å². The van der Waals surface area contributed by atoms with E-state index in [-0.39, 0.29) is 5.56 Å². The number of hydrogen-bond donors (Lipinski definition) is 2. The van der Waals surface area contributed by atoms with E-state index in [1.54, 1.807) is 12.1 Å². The molecule has 9 nitrogen and oxygen atoms in total. The third-order valence-electron chi connectivity index (χ3n) is 6.50. The van der Waals surface area contributed by atoms with Gasteiger partial charge in [0, 0.05) is 11.5 Å². The van der Waals surface area contributed by atoms with Crippen LogP contribution in [0, 0.1) is 18.3 Å². The average molecular weight is 479 g/mol. The van der Waals surface area contributed by atoms with Gasteiger partial charge in [0.2, 0.25) is 0 Å². The first kappa shape index (κ1) is 21.7. The van der Waals surface area contributed by atoms with Gasteiger partial charge in [0.05, 0.1) is 33.9 Å². The number of imidazole rings is 1. The molecule has 2 aromatic carbocycles. The predicted octanol–water partition coefficient (Wildman–Crippen LogP) is 4.29. The second-order valence-corrected chi connectivity index (χ2v) is 8.56. The molecular formula is C27H22N6O3. The van der Waals surface area contributed by atoms with Crippen molar-refractivity contribution in [2.75, 3.05) is 18.6 Å². The van der Waals surface area contributed by atoms with Crippen LogP contribution in [0.25, 0.3) is 27.6 Å². The Kier molecular flexibility index (Phi) is 5.08. The second kappa shape index (κ2) is 8.43. The van der Waals surface area contributed by atoms with Crippen LogP contribution in [0.5, 0.6) is 11.5 Å². The summed E-state index contributed by atoms with van der Waals surface area (Å²) in [7, 11) is 0. The fourth-order valence-corrected chi connectivity index (χ4v) is 4.75. The summed E-state index contributed by atoms with van der Waals surface area (Å²) in [6.07, 6.45) is 2.18. The highest BCUT2D eigenvalue weighted by Gasteiger charge is 2.20. The molecule has 6 rings (SSSR count). The molecule has 0 atom stereocenters. The SMILES string of the molecule is CCc1c(C)c(C#N)c2nc3ccccc3n2c1N/N=C\c1cc2cc3c(cc2[nH]c1=O)OCCO3. The maximum absolute atomic E-state index is 12.8. The van der Waals surface area contributed by atoms with Crippen LogP contribution >= 0.6 is 0 Å². The predicted molar refractivity (Wildman–Crippen MR) is 138 cm³/mol. The number of aromatic amines is 1. The fourth-order valence-electron chi connectivity index (χ4n) is 4.75. The van der Waals surface area contributed by atoms with E-state index in [0.717, 1.165) is 27.5 Å². The summed E-state index contributed by atoms with van der Waals surface area (Å²) < 4.78 is 13.2. The molecule has 0 saturated heterocycles. The Bertz CT molecular complexity index is 1810. The summed E-state index contributed by atoms with van der Waals surface area (Å²) in [4.78, 5) is 20.3. The molecule has 3 aromatic heterocycles. The smallest absolute Gasteiger partial charge is 0.257 e. The number of nitriles is 1. The molecule has 0 aliphatic carbocycles. The number of benzene rings is 2. The quantitative estimate of drug-likeness (QED) is 0.294. The van der Waals surface area contributed by atoms with Crippen LogP contribution in [0.2, 0.25) is 0 Å². The van der Waals surface area contributed by atoms with E-state index >= 15 is 0 Å². The van der Waals surface area contributed by atoms with Crippen LogP contribution in [-0.4, -0.2) is 33.8 Å². The fraction of sp³-hybridized carbons (Fsp3) is 0.185. The average Bonchev–Trinajstić information content (AvgIpc) is 3.27. The number of H-pyrrole nitrogens is 1. The molecule has 5 aromatic rings. The van der Waals surface area contributed by atoms with Gasteiger partial charge < -0.3 is 14.5 Å². The molecule has 0 saturated carbocycles. The Morgan fingerprint density at radius 1 is 1.22 bits per heavy atom. The molecule has 1 aliphatic rings. The van der Waals surface area contributed by atoms with Crippen LogP contribution in [0.15, 0.2) is 52.4 Å². The Morgan fingerprint density at radius 3 is 2.78 bits per heavy atom. The first-order valence-corrected chi connectivity index (χ1v) is 11.7. The largest absolute Gasteiger partial charge is 0.486 e. The molecule has 178 valence electrons. The normalized spacial score (nSPS) is 13.0. The summed E-state index contributed by atoms with van der Waals surface area (Å²) in [6.45, 7) is 4.92. The minimum Gasteiger partial charge on any atom is -0.486 e. The summed E-state index contributed by atoms with van der Waals surface area (Å²) in [6, 6.07) is 15.4. The van der Waals surface area contributed by atoms with Crippen molar-refractivity contribution in [1.82, 2.24) is 14.4 Å². The zero-order valence-corrected chi connectivity index (χ0v) is 19.8. The summed E-state index contributed by atoms with van der Waals surface area (Å²) in [5.74, 6) is 1.98. The number of anilines is 1. The van der Waals surface area contributed by atoms with Gasteiger partial charge in [0.15, 0.2) is 17.1 Å². The summed E-state index contributed by atoms with van der Waals surface area (Å²) >= 11 is 0. The van der Waals surface area contributed by atoms with E-state index in [1.165, 1.54) is 6.21 Å². The van der Waals surface area contributed by atoms with Gasteiger partial charge in [-0.25, -0.2) is 4.98 Å². The lowest BCUT2D eigenvalue weighted by Crippen LogP contribution is -2.16. The molecule has 36 heavy (non-hydrogen) atoms. The molecule has 0 bridgehead atoms. The monoisotopic (exact) mass is 478 g/mol. The van der Waals surface area contributed by atoms with Crippen molar-refractivity contribution >= 4 is 39.6 Å². The molecule has 0 radical (unpaired) electrons. The van der Waals surface area contributed by atoms with Gasteiger partial charge in [-0.2, -0.15) is 10.4 Å². The summed E-state index contributed by atoms with van der Waals surface area (Å²) in [5, 5.41) is 15.1. The van der Waals surface area contributed by atoms with E-state index in [0.29, 0.717) is 59.2 Å². The lowest BCUT2D eigenvalue weighted by Gasteiger charge is -2.18. The maximum Gasteiger partial charge on any atom is 0.257 e. The molecule has 0 amide bonds. The van der Waals surface area contributed by atoms with E-state index < -0.39 is 0 Å². The zero-order valence-electron chi connectivity index (χ0n) is 19.8.